The zero-order chi connectivity index (χ0) is 29.7. The van der Waals surface area contributed by atoms with E-state index in [-0.39, 0.29) is 42.2 Å². The minimum absolute atomic E-state index is 0.0425. The number of primary sulfonamides is 1. The third-order valence-electron chi connectivity index (χ3n) is 5.74. The highest BCUT2D eigenvalue weighted by molar-refractivity contribution is 7.89. The maximum Gasteiger partial charge on any atom is 0.416 e. The summed E-state index contributed by atoms with van der Waals surface area (Å²) >= 11 is 6.02. The standard InChI is InChI=1S/C27H25ClF4N2O5S/c1-16-11-22(39-9-2-10-40(33,37)38)6-7-24(16)34-25(35)8-4-17-3-5-20(28)15-23(17)26(36)18-12-19(27(30,31)32)14-21(29)13-18/h3,5-7,11-15H,2,4,8-10H2,1H3,(H,34,35)(H2,33,37,38). The first-order valence-electron chi connectivity index (χ1n) is 11.9. The van der Waals surface area contributed by atoms with Crippen LogP contribution in [0.3, 0.4) is 0 Å². The van der Waals surface area contributed by atoms with Crippen LogP contribution in [-0.4, -0.2) is 32.5 Å². The number of benzene rings is 3. The number of hydrogen-bond acceptors (Lipinski definition) is 5. The van der Waals surface area contributed by atoms with Crippen molar-refractivity contribution < 1.29 is 40.3 Å². The smallest absolute Gasteiger partial charge is 0.416 e. The van der Waals surface area contributed by atoms with Gasteiger partial charge in [-0.05, 0) is 79.4 Å². The van der Waals surface area contributed by atoms with Gasteiger partial charge >= 0.3 is 6.18 Å². The number of carbonyl (C=O) groups excluding carboxylic acids is 2. The molecule has 0 atom stereocenters. The Kier molecular flexibility index (Phi) is 9.93. The molecule has 0 aliphatic rings. The SMILES string of the molecule is Cc1cc(OCCCS(N)(=O)=O)ccc1NC(=O)CCc1ccc(Cl)cc1C(=O)c1cc(F)cc(C(F)(F)F)c1. The zero-order valence-corrected chi connectivity index (χ0v) is 22.7. The maximum atomic E-state index is 13.9. The van der Waals surface area contributed by atoms with Crippen LogP contribution in [0, 0.1) is 12.7 Å². The fourth-order valence-electron chi connectivity index (χ4n) is 3.80. The summed E-state index contributed by atoms with van der Waals surface area (Å²) in [7, 11) is -3.57. The molecule has 0 radical (unpaired) electrons. The highest BCUT2D eigenvalue weighted by Crippen LogP contribution is 2.31. The van der Waals surface area contributed by atoms with Crippen molar-refractivity contribution in [2.75, 3.05) is 17.7 Å². The van der Waals surface area contributed by atoms with E-state index < -0.39 is 44.8 Å². The molecule has 3 rings (SSSR count). The lowest BCUT2D eigenvalue weighted by atomic mass is 9.94. The number of anilines is 1. The molecule has 1 amide bonds. The van der Waals surface area contributed by atoms with Crippen molar-refractivity contribution in [1.82, 2.24) is 0 Å². The molecule has 0 aromatic heterocycles. The molecule has 0 saturated carbocycles. The second-order valence-corrected chi connectivity index (χ2v) is 11.1. The topological polar surface area (TPSA) is 116 Å². The van der Waals surface area contributed by atoms with Crippen LogP contribution in [0.25, 0.3) is 0 Å². The normalized spacial score (nSPS) is 11.8. The average Bonchev–Trinajstić information content (AvgIpc) is 2.85. The highest BCUT2D eigenvalue weighted by atomic mass is 35.5. The Hall–Kier alpha value is -3.48. The molecule has 214 valence electrons. The summed E-state index contributed by atoms with van der Waals surface area (Å²) in [5.74, 6) is -2.21. The van der Waals surface area contributed by atoms with E-state index in [1.165, 1.54) is 18.2 Å². The van der Waals surface area contributed by atoms with Gasteiger partial charge < -0.3 is 10.1 Å². The number of carbonyl (C=O) groups is 2. The van der Waals surface area contributed by atoms with Crippen molar-refractivity contribution in [1.29, 1.82) is 0 Å². The van der Waals surface area contributed by atoms with E-state index in [4.69, 9.17) is 21.5 Å². The first-order chi connectivity index (χ1) is 18.6. The number of amides is 1. The van der Waals surface area contributed by atoms with Gasteiger partial charge in [-0.1, -0.05) is 17.7 Å². The van der Waals surface area contributed by atoms with Crippen molar-refractivity contribution in [2.45, 2.75) is 32.4 Å². The first-order valence-corrected chi connectivity index (χ1v) is 14.0. The quantitative estimate of drug-likeness (QED) is 0.167. The predicted molar refractivity (Wildman–Crippen MR) is 143 cm³/mol. The average molecular weight is 601 g/mol. The molecule has 0 aliphatic carbocycles. The van der Waals surface area contributed by atoms with E-state index in [1.807, 2.05) is 0 Å². The number of halogens is 5. The van der Waals surface area contributed by atoms with Crippen molar-refractivity contribution in [3.05, 3.63) is 93.3 Å². The summed E-state index contributed by atoms with van der Waals surface area (Å²) in [6, 6.07) is 10.7. The number of aryl methyl sites for hydroxylation is 2. The summed E-state index contributed by atoms with van der Waals surface area (Å²) in [5.41, 5.74) is -0.321. The Labute approximate surface area is 233 Å². The molecule has 0 unspecified atom stereocenters. The summed E-state index contributed by atoms with van der Waals surface area (Å²) in [5, 5.41) is 7.84. The van der Waals surface area contributed by atoms with Crippen LogP contribution in [0.5, 0.6) is 5.75 Å². The molecule has 13 heteroatoms. The molecule has 40 heavy (non-hydrogen) atoms. The fraction of sp³-hybridized carbons (Fsp3) is 0.259. The second-order valence-electron chi connectivity index (χ2n) is 8.95. The van der Waals surface area contributed by atoms with Gasteiger partial charge in [0.05, 0.1) is 17.9 Å². The van der Waals surface area contributed by atoms with E-state index >= 15 is 0 Å². The second kappa shape index (κ2) is 12.8. The van der Waals surface area contributed by atoms with Crippen LogP contribution in [0.2, 0.25) is 5.02 Å². The third kappa shape index (κ3) is 9.04. The van der Waals surface area contributed by atoms with Crippen LogP contribution in [-0.2, 0) is 27.4 Å². The van der Waals surface area contributed by atoms with Crippen LogP contribution in [0.1, 0.15) is 45.5 Å². The molecule has 0 aliphatic heterocycles. The molecule has 0 fully saturated rings. The Morgan fingerprint density at radius 2 is 1.77 bits per heavy atom. The molecular formula is C27H25ClF4N2O5S. The Bertz CT molecular complexity index is 1530. The molecule has 0 saturated heterocycles. The summed E-state index contributed by atoms with van der Waals surface area (Å²) in [4.78, 5) is 25.7. The van der Waals surface area contributed by atoms with Crippen LogP contribution < -0.4 is 15.2 Å². The minimum atomic E-state index is -4.84. The number of rotatable bonds is 11. The van der Waals surface area contributed by atoms with E-state index in [0.29, 0.717) is 40.8 Å². The van der Waals surface area contributed by atoms with Gasteiger partial charge in [0.15, 0.2) is 5.78 Å². The molecule has 0 spiro atoms. The Morgan fingerprint density at radius 3 is 2.42 bits per heavy atom. The summed E-state index contributed by atoms with van der Waals surface area (Å²) in [6.07, 6.45) is -4.66. The predicted octanol–water partition coefficient (Wildman–Crippen LogP) is 5.67. The van der Waals surface area contributed by atoms with Crippen molar-refractivity contribution in [3.8, 4) is 5.75 Å². The monoisotopic (exact) mass is 600 g/mol. The van der Waals surface area contributed by atoms with E-state index in [2.05, 4.69) is 5.32 Å². The van der Waals surface area contributed by atoms with Crippen LogP contribution >= 0.6 is 11.6 Å². The van der Waals surface area contributed by atoms with Gasteiger partial charge in [-0.2, -0.15) is 13.2 Å². The van der Waals surface area contributed by atoms with Crippen LogP contribution in [0.15, 0.2) is 54.6 Å². The number of ether oxygens (including phenoxy) is 1. The van der Waals surface area contributed by atoms with Gasteiger partial charge in [0.2, 0.25) is 15.9 Å². The summed E-state index contributed by atoms with van der Waals surface area (Å²) in [6.45, 7) is 1.87. The molecule has 3 aromatic carbocycles. The van der Waals surface area contributed by atoms with Gasteiger partial charge in [-0.25, -0.2) is 17.9 Å². The number of sulfonamides is 1. The molecular weight excluding hydrogens is 576 g/mol. The number of ketones is 1. The highest BCUT2D eigenvalue weighted by Gasteiger charge is 2.32. The number of nitrogens with one attached hydrogen (secondary N) is 1. The van der Waals surface area contributed by atoms with Crippen molar-refractivity contribution in [2.24, 2.45) is 5.14 Å². The van der Waals surface area contributed by atoms with Crippen LogP contribution in [0.4, 0.5) is 23.2 Å². The van der Waals surface area contributed by atoms with Gasteiger partial charge in [-0.15, -0.1) is 0 Å². The van der Waals surface area contributed by atoms with Crippen molar-refractivity contribution in [3.63, 3.8) is 0 Å². The Balaban J connectivity index is 1.68. The number of nitrogens with two attached hydrogens (primary N) is 1. The van der Waals surface area contributed by atoms with Gasteiger partial charge in [-0.3, -0.25) is 9.59 Å². The fourth-order valence-corrected chi connectivity index (χ4v) is 4.49. The first kappa shape index (κ1) is 31.1. The van der Waals surface area contributed by atoms with Gasteiger partial charge in [0.25, 0.3) is 0 Å². The molecule has 0 bridgehead atoms. The van der Waals surface area contributed by atoms with E-state index in [1.54, 1.807) is 25.1 Å². The minimum Gasteiger partial charge on any atom is -0.494 e. The number of hydrogen-bond donors (Lipinski definition) is 2. The maximum absolute atomic E-state index is 13.9. The van der Waals surface area contributed by atoms with E-state index in [9.17, 15) is 35.6 Å². The Morgan fingerprint density at radius 1 is 1.05 bits per heavy atom. The molecule has 3 aromatic rings. The largest absolute Gasteiger partial charge is 0.494 e. The van der Waals surface area contributed by atoms with E-state index in [0.717, 1.165) is 0 Å². The summed E-state index contributed by atoms with van der Waals surface area (Å²) < 4.78 is 80.7. The third-order valence-corrected chi connectivity index (χ3v) is 6.83. The lowest BCUT2D eigenvalue weighted by molar-refractivity contribution is -0.137. The van der Waals surface area contributed by atoms with Gasteiger partial charge in [0.1, 0.15) is 11.6 Å². The number of alkyl halides is 3. The van der Waals surface area contributed by atoms with Crippen molar-refractivity contribution >= 4 is 39.0 Å². The molecule has 7 nitrogen and oxygen atoms in total. The lowest BCUT2D eigenvalue weighted by Crippen LogP contribution is -2.18. The zero-order valence-electron chi connectivity index (χ0n) is 21.1. The molecule has 3 N–H and O–H groups in total. The lowest BCUT2D eigenvalue weighted by Gasteiger charge is -2.13. The van der Waals surface area contributed by atoms with Gasteiger partial charge in [0, 0.05) is 28.3 Å². The molecule has 0 heterocycles.